The van der Waals surface area contributed by atoms with E-state index in [9.17, 15) is 13.2 Å². The molecule has 0 aromatic heterocycles. The molecular weight excluding hydrogens is 400 g/mol. The van der Waals surface area contributed by atoms with Crippen molar-refractivity contribution in [1.82, 2.24) is 19.4 Å². The maximum absolute atomic E-state index is 13.3. The molecule has 1 N–H and O–H groups in total. The molecule has 3 rings (SSSR count). The summed E-state index contributed by atoms with van der Waals surface area (Å²) in [4.78, 5) is 17.2. The van der Waals surface area contributed by atoms with Gasteiger partial charge in [0.1, 0.15) is 0 Å². The molecule has 2 saturated heterocycles. The van der Waals surface area contributed by atoms with Crippen molar-refractivity contribution in [1.29, 1.82) is 0 Å². The van der Waals surface area contributed by atoms with Crippen LogP contribution in [0, 0.1) is 6.92 Å². The van der Waals surface area contributed by atoms with Gasteiger partial charge in [-0.15, -0.1) is 0 Å². The van der Waals surface area contributed by atoms with Gasteiger partial charge in [0.2, 0.25) is 15.9 Å². The Morgan fingerprint density at radius 1 is 1.00 bits per heavy atom. The highest BCUT2D eigenvalue weighted by molar-refractivity contribution is 7.89. The predicted octanol–water partition coefficient (Wildman–Crippen LogP) is 1.68. The number of carbonyl (C=O) groups is 1. The van der Waals surface area contributed by atoms with Crippen molar-refractivity contribution in [2.24, 2.45) is 0 Å². The molecule has 0 spiro atoms. The number of amides is 1. The number of piperazine rings is 1. The zero-order chi connectivity index (χ0) is 21.4. The lowest BCUT2D eigenvalue weighted by atomic mass is 10.1. The topological polar surface area (TPSA) is 73.0 Å². The number of hydrogen-bond donors (Lipinski definition) is 1. The van der Waals surface area contributed by atoms with Crippen molar-refractivity contribution in [2.45, 2.75) is 43.9 Å². The van der Waals surface area contributed by atoms with E-state index >= 15 is 0 Å². The van der Waals surface area contributed by atoms with Crippen LogP contribution in [0.4, 0.5) is 0 Å². The first-order valence-corrected chi connectivity index (χ1v) is 12.7. The number of sulfonamides is 1. The van der Waals surface area contributed by atoms with Crippen LogP contribution < -0.4 is 5.32 Å². The first-order chi connectivity index (χ1) is 14.5. The van der Waals surface area contributed by atoms with E-state index in [0.29, 0.717) is 24.5 Å². The van der Waals surface area contributed by atoms with Crippen LogP contribution in [0.1, 0.15) is 37.7 Å². The van der Waals surface area contributed by atoms with E-state index in [4.69, 9.17) is 0 Å². The molecule has 0 bridgehead atoms. The minimum absolute atomic E-state index is 0.0386. The lowest BCUT2D eigenvalue weighted by Gasteiger charge is -2.30. The summed E-state index contributed by atoms with van der Waals surface area (Å²) in [6, 6.07) is 6.98. The van der Waals surface area contributed by atoms with Gasteiger partial charge in [-0.25, -0.2) is 8.42 Å². The van der Waals surface area contributed by atoms with E-state index in [-0.39, 0.29) is 18.9 Å². The third-order valence-electron chi connectivity index (χ3n) is 6.03. The standard InChI is InChI=1S/C22H36N4O3S/c1-20-6-8-21(9-7-20)30(28,29)26(16-5-15-24-13-3-2-4-14-24)17-10-22(27)25-18-11-23-12-19-25/h6-9,23H,2-5,10-19H2,1H3. The summed E-state index contributed by atoms with van der Waals surface area (Å²) < 4.78 is 28.1. The number of carbonyl (C=O) groups excluding carboxylic acids is 1. The van der Waals surface area contributed by atoms with Gasteiger partial charge in [0.15, 0.2) is 0 Å². The fraction of sp³-hybridized carbons (Fsp3) is 0.682. The molecule has 2 aliphatic heterocycles. The SMILES string of the molecule is Cc1ccc(S(=O)(=O)N(CCCN2CCCCC2)CCC(=O)N2CCNCC2)cc1. The summed E-state index contributed by atoms with van der Waals surface area (Å²) in [5.74, 6) is 0.0386. The van der Waals surface area contributed by atoms with Gasteiger partial charge in [-0.1, -0.05) is 24.1 Å². The Balaban J connectivity index is 1.63. The van der Waals surface area contributed by atoms with Crippen molar-refractivity contribution in [3.05, 3.63) is 29.8 Å². The summed E-state index contributed by atoms with van der Waals surface area (Å²) in [6.07, 6.45) is 4.76. The molecule has 1 aromatic carbocycles. The van der Waals surface area contributed by atoms with Crippen molar-refractivity contribution < 1.29 is 13.2 Å². The molecule has 1 aromatic rings. The predicted molar refractivity (Wildman–Crippen MR) is 119 cm³/mol. The molecule has 2 fully saturated rings. The normalized spacial score (nSPS) is 18.7. The average Bonchev–Trinajstić information content (AvgIpc) is 2.77. The summed E-state index contributed by atoms with van der Waals surface area (Å²) >= 11 is 0. The number of benzene rings is 1. The Hall–Kier alpha value is -1.48. The number of nitrogens with one attached hydrogen (secondary N) is 1. The van der Waals surface area contributed by atoms with Gasteiger partial charge in [-0.3, -0.25) is 4.79 Å². The smallest absolute Gasteiger partial charge is 0.243 e. The number of nitrogens with zero attached hydrogens (tertiary/aromatic N) is 3. The molecule has 2 heterocycles. The molecule has 0 atom stereocenters. The Bertz CT molecular complexity index is 770. The van der Waals surface area contributed by atoms with Gasteiger partial charge in [-0.2, -0.15) is 4.31 Å². The molecule has 2 aliphatic rings. The molecule has 1 amide bonds. The van der Waals surface area contributed by atoms with E-state index in [2.05, 4.69) is 10.2 Å². The lowest BCUT2D eigenvalue weighted by molar-refractivity contribution is -0.131. The number of rotatable bonds is 9. The molecule has 0 unspecified atom stereocenters. The summed E-state index contributed by atoms with van der Waals surface area (Å²) in [6.45, 7) is 8.72. The molecule has 0 radical (unpaired) electrons. The molecule has 0 saturated carbocycles. The highest BCUT2D eigenvalue weighted by Gasteiger charge is 2.26. The van der Waals surface area contributed by atoms with Crippen LogP contribution in [0.3, 0.4) is 0 Å². The van der Waals surface area contributed by atoms with Crippen LogP contribution in [0.25, 0.3) is 0 Å². The van der Waals surface area contributed by atoms with Crippen LogP contribution >= 0.6 is 0 Å². The maximum Gasteiger partial charge on any atom is 0.243 e. The Kier molecular flexibility index (Phi) is 8.68. The Labute approximate surface area is 181 Å². The first kappa shape index (κ1) is 23.2. The fourth-order valence-corrected chi connectivity index (χ4v) is 5.64. The Morgan fingerprint density at radius 2 is 1.67 bits per heavy atom. The van der Waals surface area contributed by atoms with Crippen molar-refractivity contribution in [3.8, 4) is 0 Å². The largest absolute Gasteiger partial charge is 0.340 e. The third-order valence-corrected chi connectivity index (χ3v) is 7.95. The van der Waals surface area contributed by atoms with E-state index in [1.165, 1.54) is 23.6 Å². The van der Waals surface area contributed by atoms with Crippen molar-refractivity contribution in [3.63, 3.8) is 0 Å². The summed E-state index contributed by atoms with van der Waals surface area (Å²) in [5, 5.41) is 3.24. The number of hydrogen-bond acceptors (Lipinski definition) is 5. The first-order valence-electron chi connectivity index (χ1n) is 11.2. The third kappa shape index (κ3) is 6.51. The lowest BCUT2D eigenvalue weighted by Crippen LogP contribution is -2.47. The molecule has 7 nitrogen and oxygen atoms in total. The molecule has 168 valence electrons. The minimum atomic E-state index is -3.62. The van der Waals surface area contributed by atoms with Crippen molar-refractivity contribution >= 4 is 15.9 Å². The fourth-order valence-electron chi connectivity index (χ4n) is 4.16. The van der Waals surface area contributed by atoms with E-state index < -0.39 is 10.0 Å². The average molecular weight is 437 g/mol. The second-order valence-electron chi connectivity index (χ2n) is 8.35. The van der Waals surface area contributed by atoms with Gasteiger partial charge in [0.05, 0.1) is 4.90 Å². The van der Waals surface area contributed by atoms with Crippen LogP contribution in [0.15, 0.2) is 29.2 Å². The van der Waals surface area contributed by atoms with Gasteiger partial charge >= 0.3 is 0 Å². The van der Waals surface area contributed by atoms with Crippen LogP contribution in [-0.2, 0) is 14.8 Å². The van der Waals surface area contributed by atoms with Crippen LogP contribution in [0.5, 0.6) is 0 Å². The number of aryl methyl sites for hydroxylation is 1. The minimum Gasteiger partial charge on any atom is -0.340 e. The molecule has 30 heavy (non-hydrogen) atoms. The zero-order valence-corrected chi connectivity index (χ0v) is 19.0. The maximum atomic E-state index is 13.3. The summed E-state index contributed by atoms with van der Waals surface area (Å²) in [7, 11) is -3.62. The number of piperidine rings is 1. The monoisotopic (exact) mass is 436 g/mol. The van der Waals surface area contributed by atoms with Crippen LogP contribution in [0.2, 0.25) is 0 Å². The van der Waals surface area contributed by atoms with Gasteiger partial charge in [-0.05, 0) is 58.0 Å². The Morgan fingerprint density at radius 3 is 2.33 bits per heavy atom. The van der Waals surface area contributed by atoms with Crippen molar-refractivity contribution in [2.75, 3.05) is 58.9 Å². The highest BCUT2D eigenvalue weighted by atomic mass is 32.2. The molecule has 0 aliphatic carbocycles. The van der Waals surface area contributed by atoms with E-state index in [1.54, 1.807) is 12.1 Å². The molecule has 8 heteroatoms. The van der Waals surface area contributed by atoms with Gasteiger partial charge < -0.3 is 15.1 Å². The second kappa shape index (κ2) is 11.2. The quantitative estimate of drug-likeness (QED) is 0.638. The zero-order valence-electron chi connectivity index (χ0n) is 18.2. The molecular formula is C22H36N4O3S. The van der Waals surface area contributed by atoms with E-state index in [1.807, 2.05) is 24.0 Å². The highest BCUT2D eigenvalue weighted by Crippen LogP contribution is 2.18. The van der Waals surface area contributed by atoms with E-state index in [0.717, 1.165) is 44.7 Å². The van der Waals surface area contributed by atoms with Gasteiger partial charge in [0.25, 0.3) is 0 Å². The van der Waals surface area contributed by atoms with Crippen LogP contribution in [-0.4, -0.2) is 87.3 Å². The second-order valence-corrected chi connectivity index (χ2v) is 10.3. The number of likely N-dealkylation sites (tertiary alicyclic amines) is 1. The van der Waals surface area contributed by atoms with Gasteiger partial charge in [0, 0.05) is 45.7 Å². The summed E-state index contributed by atoms with van der Waals surface area (Å²) in [5.41, 5.74) is 1.03.